The predicted octanol–water partition coefficient (Wildman–Crippen LogP) is 0.535. The summed E-state index contributed by atoms with van der Waals surface area (Å²) in [7, 11) is 0. The smallest absolute Gasteiger partial charge is 0.306 e. The number of hydrogen-bond donors (Lipinski definition) is 2. The fourth-order valence-corrected chi connectivity index (χ4v) is 1.60. The lowest BCUT2D eigenvalue weighted by molar-refractivity contribution is -0.385. The highest BCUT2D eigenvalue weighted by Gasteiger charge is 2.11. The zero-order valence-electron chi connectivity index (χ0n) is 10.1. The van der Waals surface area contributed by atoms with Crippen molar-refractivity contribution in [2.75, 3.05) is 6.54 Å². The number of aromatic nitrogens is 2. The molecule has 19 heavy (non-hydrogen) atoms. The van der Waals surface area contributed by atoms with Gasteiger partial charge in [-0.05, 0) is 6.07 Å². The Morgan fingerprint density at radius 2 is 2.47 bits per heavy atom. The average Bonchev–Trinajstić information content (AvgIpc) is 3.00. The standard InChI is InChI=1S/C11H14N4O4/c16-11(5-12-3-9-1-2-19-8-9)7-14-6-10(4-13-14)15(17)18/h1-2,4,6,8,11-12,16H,3,5,7H2. The minimum atomic E-state index is -0.675. The summed E-state index contributed by atoms with van der Waals surface area (Å²) in [6, 6.07) is 1.83. The molecule has 0 radical (unpaired) electrons. The van der Waals surface area contributed by atoms with Gasteiger partial charge in [-0.3, -0.25) is 14.8 Å². The first-order valence-electron chi connectivity index (χ1n) is 5.72. The van der Waals surface area contributed by atoms with Gasteiger partial charge in [-0.25, -0.2) is 0 Å². The van der Waals surface area contributed by atoms with Gasteiger partial charge in [0.15, 0.2) is 0 Å². The van der Waals surface area contributed by atoms with Crippen LogP contribution in [-0.2, 0) is 13.1 Å². The second kappa shape index (κ2) is 6.12. The number of nitrogens with zero attached hydrogens (tertiary/aromatic N) is 3. The van der Waals surface area contributed by atoms with Gasteiger partial charge in [0.25, 0.3) is 0 Å². The summed E-state index contributed by atoms with van der Waals surface area (Å²) < 4.78 is 6.26. The van der Waals surface area contributed by atoms with Crippen molar-refractivity contribution in [2.45, 2.75) is 19.2 Å². The number of hydrogen-bond acceptors (Lipinski definition) is 6. The van der Waals surface area contributed by atoms with Crippen LogP contribution >= 0.6 is 0 Å². The number of furan rings is 1. The van der Waals surface area contributed by atoms with Gasteiger partial charge >= 0.3 is 5.69 Å². The van der Waals surface area contributed by atoms with E-state index in [4.69, 9.17) is 4.42 Å². The molecule has 0 saturated heterocycles. The molecule has 0 aliphatic rings. The Bertz CT molecular complexity index is 523. The van der Waals surface area contributed by atoms with Crippen LogP contribution in [0.3, 0.4) is 0 Å². The largest absolute Gasteiger partial charge is 0.472 e. The van der Waals surface area contributed by atoms with Crippen LogP contribution in [0.1, 0.15) is 5.56 Å². The van der Waals surface area contributed by atoms with Crippen molar-refractivity contribution < 1.29 is 14.4 Å². The predicted molar refractivity (Wildman–Crippen MR) is 65.3 cm³/mol. The lowest BCUT2D eigenvalue weighted by atomic mass is 10.3. The Morgan fingerprint density at radius 1 is 1.63 bits per heavy atom. The van der Waals surface area contributed by atoms with Crippen molar-refractivity contribution in [2.24, 2.45) is 0 Å². The quantitative estimate of drug-likeness (QED) is 0.559. The van der Waals surface area contributed by atoms with Crippen LogP contribution < -0.4 is 5.32 Å². The van der Waals surface area contributed by atoms with Gasteiger partial charge in [0, 0.05) is 18.7 Å². The van der Waals surface area contributed by atoms with E-state index in [1.807, 2.05) is 6.07 Å². The molecule has 0 fully saturated rings. The van der Waals surface area contributed by atoms with Crippen LogP contribution in [0.15, 0.2) is 35.4 Å². The van der Waals surface area contributed by atoms with Gasteiger partial charge in [0.2, 0.25) is 0 Å². The Balaban J connectivity index is 1.74. The molecule has 1 unspecified atom stereocenters. The Labute approximate surface area is 108 Å². The molecule has 2 N–H and O–H groups in total. The van der Waals surface area contributed by atoms with Gasteiger partial charge in [-0.15, -0.1) is 0 Å². The van der Waals surface area contributed by atoms with E-state index < -0.39 is 11.0 Å². The average molecular weight is 266 g/mol. The molecule has 102 valence electrons. The number of rotatable bonds is 7. The van der Waals surface area contributed by atoms with Crippen LogP contribution in [0, 0.1) is 10.1 Å². The van der Waals surface area contributed by atoms with Crippen molar-refractivity contribution in [3.8, 4) is 0 Å². The molecular weight excluding hydrogens is 252 g/mol. The summed E-state index contributed by atoms with van der Waals surface area (Å²) in [6.07, 6.45) is 4.98. The maximum absolute atomic E-state index is 10.5. The summed E-state index contributed by atoms with van der Waals surface area (Å²) in [6.45, 7) is 1.15. The third-order valence-corrected chi connectivity index (χ3v) is 2.52. The molecule has 2 rings (SSSR count). The van der Waals surface area contributed by atoms with Crippen molar-refractivity contribution in [1.29, 1.82) is 0 Å². The van der Waals surface area contributed by atoms with E-state index in [9.17, 15) is 15.2 Å². The van der Waals surface area contributed by atoms with Gasteiger partial charge in [0.05, 0.1) is 30.1 Å². The minimum Gasteiger partial charge on any atom is -0.472 e. The molecule has 8 heteroatoms. The van der Waals surface area contributed by atoms with E-state index in [0.717, 1.165) is 11.8 Å². The topological polar surface area (TPSA) is 106 Å². The van der Waals surface area contributed by atoms with Gasteiger partial charge in [-0.2, -0.15) is 5.10 Å². The first-order valence-corrected chi connectivity index (χ1v) is 5.72. The third-order valence-electron chi connectivity index (χ3n) is 2.52. The highest BCUT2D eigenvalue weighted by atomic mass is 16.6. The Morgan fingerprint density at radius 3 is 3.11 bits per heavy atom. The van der Waals surface area contributed by atoms with Crippen LogP contribution in [-0.4, -0.2) is 32.5 Å². The first-order chi connectivity index (χ1) is 9.15. The van der Waals surface area contributed by atoms with E-state index in [1.54, 1.807) is 12.5 Å². The summed E-state index contributed by atoms with van der Waals surface area (Å²) in [5, 5.41) is 27.1. The Hall–Kier alpha value is -2.19. The number of nitro groups is 1. The fourth-order valence-electron chi connectivity index (χ4n) is 1.60. The highest BCUT2D eigenvalue weighted by Crippen LogP contribution is 2.08. The Kier molecular flexibility index (Phi) is 4.26. The normalized spacial score (nSPS) is 12.5. The third kappa shape index (κ3) is 3.90. The number of aliphatic hydroxyl groups is 1. The minimum absolute atomic E-state index is 0.0847. The molecule has 8 nitrogen and oxygen atoms in total. The van der Waals surface area contributed by atoms with Crippen LogP contribution in [0.2, 0.25) is 0 Å². The molecule has 0 saturated carbocycles. The fraction of sp³-hybridized carbons (Fsp3) is 0.364. The second-order valence-electron chi connectivity index (χ2n) is 4.09. The zero-order chi connectivity index (χ0) is 13.7. The molecule has 0 aromatic carbocycles. The lowest BCUT2D eigenvalue weighted by Crippen LogP contribution is -2.30. The van der Waals surface area contributed by atoms with Crippen molar-refractivity contribution in [3.05, 3.63) is 46.7 Å². The monoisotopic (exact) mass is 266 g/mol. The molecule has 2 aromatic rings. The van der Waals surface area contributed by atoms with Gasteiger partial charge < -0.3 is 14.8 Å². The SMILES string of the molecule is O=[N+]([O-])c1cnn(CC(O)CNCc2ccoc2)c1. The maximum Gasteiger partial charge on any atom is 0.306 e. The van der Waals surface area contributed by atoms with Gasteiger partial charge in [-0.1, -0.05) is 0 Å². The molecular formula is C11H14N4O4. The van der Waals surface area contributed by atoms with Crippen molar-refractivity contribution >= 4 is 5.69 Å². The molecule has 2 aromatic heterocycles. The van der Waals surface area contributed by atoms with Crippen LogP contribution in [0.25, 0.3) is 0 Å². The van der Waals surface area contributed by atoms with E-state index in [1.165, 1.54) is 10.9 Å². The number of aliphatic hydroxyl groups excluding tert-OH is 1. The lowest BCUT2D eigenvalue weighted by Gasteiger charge is -2.10. The van der Waals surface area contributed by atoms with E-state index in [2.05, 4.69) is 10.4 Å². The van der Waals surface area contributed by atoms with E-state index in [-0.39, 0.29) is 12.2 Å². The molecule has 2 heterocycles. The summed E-state index contributed by atoms with van der Waals surface area (Å²) in [4.78, 5) is 9.95. The van der Waals surface area contributed by atoms with Gasteiger partial charge in [0.1, 0.15) is 12.4 Å². The molecule has 0 spiro atoms. The van der Waals surface area contributed by atoms with E-state index in [0.29, 0.717) is 13.1 Å². The summed E-state index contributed by atoms with van der Waals surface area (Å²) >= 11 is 0. The summed E-state index contributed by atoms with van der Waals surface area (Å²) in [5.74, 6) is 0. The molecule has 0 aliphatic heterocycles. The van der Waals surface area contributed by atoms with Crippen molar-refractivity contribution in [3.63, 3.8) is 0 Å². The van der Waals surface area contributed by atoms with E-state index >= 15 is 0 Å². The zero-order valence-corrected chi connectivity index (χ0v) is 10.1. The molecule has 0 bridgehead atoms. The summed E-state index contributed by atoms with van der Waals surface area (Å²) in [5.41, 5.74) is 0.903. The molecule has 0 amide bonds. The maximum atomic E-state index is 10.5. The second-order valence-corrected chi connectivity index (χ2v) is 4.09. The molecule has 0 aliphatic carbocycles. The highest BCUT2D eigenvalue weighted by molar-refractivity contribution is 5.20. The van der Waals surface area contributed by atoms with Crippen molar-refractivity contribution in [1.82, 2.24) is 15.1 Å². The molecule has 1 atom stereocenters. The van der Waals surface area contributed by atoms with Crippen LogP contribution in [0.4, 0.5) is 5.69 Å². The van der Waals surface area contributed by atoms with Crippen LogP contribution in [0.5, 0.6) is 0 Å². The first kappa shape index (κ1) is 13.2. The number of nitrogens with one attached hydrogen (secondary N) is 1.